The minimum atomic E-state index is -0.910. The SMILES string of the molecule is CC(=O)c1ccccc1NC(=O)C[NH2+][C@@H](C)c1ccc(F)c(F)c1. The summed E-state index contributed by atoms with van der Waals surface area (Å²) in [5.74, 6) is -2.22. The van der Waals surface area contributed by atoms with Gasteiger partial charge in [0, 0.05) is 11.1 Å². The quantitative estimate of drug-likeness (QED) is 0.798. The van der Waals surface area contributed by atoms with E-state index in [1.807, 2.05) is 0 Å². The summed E-state index contributed by atoms with van der Waals surface area (Å²) in [4.78, 5) is 23.6. The number of hydrogen-bond donors (Lipinski definition) is 2. The molecule has 3 N–H and O–H groups in total. The van der Waals surface area contributed by atoms with E-state index in [-0.39, 0.29) is 24.3 Å². The normalized spacial score (nSPS) is 11.8. The third-order valence-electron chi connectivity index (χ3n) is 3.71. The lowest BCUT2D eigenvalue weighted by molar-refractivity contribution is -0.682. The third kappa shape index (κ3) is 4.45. The predicted molar refractivity (Wildman–Crippen MR) is 86.6 cm³/mol. The van der Waals surface area contributed by atoms with Gasteiger partial charge in [-0.15, -0.1) is 0 Å². The molecule has 24 heavy (non-hydrogen) atoms. The van der Waals surface area contributed by atoms with Crippen molar-refractivity contribution < 1.29 is 23.7 Å². The van der Waals surface area contributed by atoms with Gasteiger partial charge in [-0.2, -0.15) is 0 Å². The number of halogens is 2. The van der Waals surface area contributed by atoms with Gasteiger partial charge in [0.05, 0.1) is 5.69 Å². The van der Waals surface area contributed by atoms with E-state index in [1.54, 1.807) is 36.5 Å². The molecule has 0 spiro atoms. The summed E-state index contributed by atoms with van der Waals surface area (Å²) in [6, 6.07) is 10.2. The molecule has 0 unspecified atom stereocenters. The first-order valence-electron chi connectivity index (χ1n) is 7.56. The molecule has 2 rings (SSSR count). The fraction of sp³-hybridized carbons (Fsp3) is 0.222. The van der Waals surface area contributed by atoms with Crippen molar-refractivity contribution in [3.05, 3.63) is 65.2 Å². The van der Waals surface area contributed by atoms with E-state index in [1.165, 1.54) is 13.0 Å². The molecule has 1 atom stereocenters. The molecule has 6 heteroatoms. The van der Waals surface area contributed by atoms with Crippen LogP contribution in [0.3, 0.4) is 0 Å². The lowest BCUT2D eigenvalue weighted by atomic mass is 10.1. The maximum absolute atomic E-state index is 13.2. The number of carbonyl (C=O) groups is 2. The lowest BCUT2D eigenvalue weighted by Gasteiger charge is -2.12. The lowest BCUT2D eigenvalue weighted by Crippen LogP contribution is -2.86. The van der Waals surface area contributed by atoms with Gasteiger partial charge < -0.3 is 10.6 Å². The maximum atomic E-state index is 13.2. The monoisotopic (exact) mass is 333 g/mol. The zero-order valence-corrected chi connectivity index (χ0v) is 13.5. The van der Waals surface area contributed by atoms with E-state index in [2.05, 4.69) is 5.32 Å². The van der Waals surface area contributed by atoms with Crippen molar-refractivity contribution in [1.29, 1.82) is 0 Å². The van der Waals surface area contributed by atoms with Crippen molar-refractivity contribution in [2.75, 3.05) is 11.9 Å². The van der Waals surface area contributed by atoms with E-state index in [9.17, 15) is 18.4 Å². The number of amides is 1. The van der Waals surface area contributed by atoms with Crippen LogP contribution in [-0.4, -0.2) is 18.2 Å². The summed E-state index contributed by atoms with van der Waals surface area (Å²) in [5, 5.41) is 4.40. The molecule has 2 aromatic carbocycles. The van der Waals surface area contributed by atoms with Gasteiger partial charge in [0.2, 0.25) is 0 Å². The Kier molecular flexibility index (Phi) is 5.76. The summed E-state index contributed by atoms with van der Waals surface area (Å²) in [5.41, 5.74) is 1.49. The van der Waals surface area contributed by atoms with Gasteiger partial charge in [-0.1, -0.05) is 12.1 Å². The number of nitrogens with two attached hydrogens (primary N) is 1. The Morgan fingerprint density at radius 2 is 1.83 bits per heavy atom. The van der Waals surface area contributed by atoms with Gasteiger partial charge in [0.15, 0.2) is 24.0 Å². The molecule has 0 aliphatic heterocycles. The first-order valence-corrected chi connectivity index (χ1v) is 7.56. The molecule has 0 aliphatic carbocycles. The number of ketones is 1. The van der Waals surface area contributed by atoms with Crippen LogP contribution in [-0.2, 0) is 4.79 Å². The molecule has 4 nitrogen and oxygen atoms in total. The van der Waals surface area contributed by atoms with Crippen LogP contribution in [0.25, 0.3) is 0 Å². The topological polar surface area (TPSA) is 62.8 Å². The zero-order chi connectivity index (χ0) is 17.7. The van der Waals surface area contributed by atoms with Crippen LogP contribution in [0.5, 0.6) is 0 Å². The smallest absolute Gasteiger partial charge is 0.279 e. The van der Waals surface area contributed by atoms with E-state index < -0.39 is 11.6 Å². The zero-order valence-electron chi connectivity index (χ0n) is 13.5. The van der Waals surface area contributed by atoms with Gasteiger partial charge in [0.1, 0.15) is 6.04 Å². The average Bonchev–Trinajstić information content (AvgIpc) is 2.55. The highest BCUT2D eigenvalue weighted by atomic mass is 19.2. The fourth-order valence-electron chi connectivity index (χ4n) is 2.32. The van der Waals surface area contributed by atoms with Gasteiger partial charge >= 0.3 is 0 Å². The number of Topliss-reactive ketones (excluding diaryl/α,β-unsaturated/α-hetero) is 1. The Labute approximate surface area is 138 Å². The van der Waals surface area contributed by atoms with Crippen molar-refractivity contribution in [2.24, 2.45) is 0 Å². The molecule has 0 heterocycles. The highest BCUT2D eigenvalue weighted by Crippen LogP contribution is 2.15. The number of nitrogens with one attached hydrogen (secondary N) is 1. The molecule has 0 aromatic heterocycles. The molecular weight excluding hydrogens is 314 g/mol. The summed E-state index contributed by atoms with van der Waals surface area (Å²) < 4.78 is 26.2. The van der Waals surface area contributed by atoms with Gasteiger partial charge in [-0.3, -0.25) is 9.59 Å². The van der Waals surface area contributed by atoms with Gasteiger partial charge in [0.25, 0.3) is 5.91 Å². The Bertz CT molecular complexity index is 762. The first-order chi connectivity index (χ1) is 11.4. The average molecular weight is 333 g/mol. The second kappa shape index (κ2) is 7.79. The van der Waals surface area contributed by atoms with Crippen molar-refractivity contribution in [3.8, 4) is 0 Å². The first kappa shape index (κ1) is 17.7. The van der Waals surface area contributed by atoms with Crippen molar-refractivity contribution in [1.82, 2.24) is 0 Å². The second-order valence-corrected chi connectivity index (χ2v) is 5.55. The van der Waals surface area contributed by atoms with Crippen molar-refractivity contribution in [2.45, 2.75) is 19.9 Å². The molecule has 126 valence electrons. The Morgan fingerprint density at radius 1 is 1.12 bits per heavy atom. The molecule has 0 saturated carbocycles. The number of anilines is 1. The summed E-state index contributed by atoms with van der Waals surface area (Å²) in [6.07, 6.45) is 0. The van der Waals surface area contributed by atoms with Crippen LogP contribution in [0.2, 0.25) is 0 Å². The number of para-hydroxylation sites is 1. The minimum absolute atomic E-state index is 0.0897. The molecule has 0 bridgehead atoms. The van der Waals surface area contributed by atoms with Crippen LogP contribution < -0.4 is 10.6 Å². The Morgan fingerprint density at radius 3 is 2.50 bits per heavy atom. The van der Waals surface area contributed by atoms with Crippen LogP contribution in [0.15, 0.2) is 42.5 Å². The molecule has 0 aliphatic rings. The van der Waals surface area contributed by atoms with E-state index in [0.717, 1.165) is 12.1 Å². The standard InChI is InChI=1S/C18H18F2N2O2/c1-11(13-7-8-15(19)16(20)9-13)21-10-18(24)22-17-6-4-3-5-14(17)12(2)23/h3-9,11,21H,10H2,1-2H3,(H,22,24)/p+1/t11-/m0/s1. The maximum Gasteiger partial charge on any atom is 0.279 e. The number of hydrogen-bond acceptors (Lipinski definition) is 2. The van der Waals surface area contributed by atoms with Crippen molar-refractivity contribution in [3.63, 3.8) is 0 Å². The highest BCUT2D eigenvalue weighted by Gasteiger charge is 2.15. The molecule has 0 radical (unpaired) electrons. The van der Waals surface area contributed by atoms with Gasteiger partial charge in [-0.05, 0) is 44.2 Å². The summed E-state index contributed by atoms with van der Waals surface area (Å²) >= 11 is 0. The third-order valence-corrected chi connectivity index (χ3v) is 3.71. The number of rotatable bonds is 6. The summed E-state index contributed by atoms with van der Waals surface area (Å²) in [6.45, 7) is 3.32. The molecule has 1 amide bonds. The van der Waals surface area contributed by atoms with Crippen molar-refractivity contribution >= 4 is 17.4 Å². The highest BCUT2D eigenvalue weighted by molar-refractivity contribution is 6.03. The van der Waals surface area contributed by atoms with Crippen LogP contribution >= 0.6 is 0 Å². The second-order valence-electron chi connectivity index (χ2n) is 5.55. The molecular formula is C18H19F2N2O2+. The van der Waals surface area contributed by atoms with E-state index >= 15 is 0 Å². The molecule has 0 fully saturated rings. The number of carbonyl (C=O) groups excluding carboxylic acids is 2. The fourth-order valence-corrected chi connectivity index (χ4v) is 2.32. The van der Waals surface area contributed by atoms with Crippen LogP contribution in [0.1, 0.15) is 35.8 Å². The largest absolute Gasteiger partial charge is 0.333 e. The number of benzene rings is 2. The number of quaternary nitrogens is 1. The Balaban J connectivity index is 1.96. The van der Waals surface area contributed by atoms with Crippen LogP contribution in [0, 0.1) is 11.6 Å². The summed E-state index contributed by atoms with van der Waals surface area (Å²) in [7, 11) is 0. The van der Waals surface area contributed by atoms with E-state index in [0.29, 0.717) is 16.8 Å². The minimum Gasteiger partial charge on any atom is -0.333 e. The molecule has 2 aromatic rings. The molecule has 0 saturated heterocycles. The van der Waals surface area contributed by atoms with Gasteiger partial charge in [-0.25, -0.2) is 8.78 Å². The van der Waals surface area contributed by atoms with Crippen LogP contribution in [0.4, 0.5) is 14.5 Å². The predicted octanol–water partition coefficient (Wildman–Crippen LogP) is 2.43. The Hall–Kier alpha value is -2.60. The van der Waals surface area contributed by atoms with E-state index in [4.69, 9.17) is 0 Å².